The predicted molar refractivity (Wildman–Crippen MR) is 88.0 cm³/mol. The van der Waals surface area contributed by atoms with Gasteiger partial charge in [0.1, 0.15) is 16.8 Å². The predicted octanol–water partition coefficient (Wildman–Crippen LogP) is 4.79. The highest BCUT2D eigenvalue weighted by Gasteiger charge is 2.27. The van der Waals surface area contributed by atoms with Crippen molar-refractivity contribution >= 4 is 44.7 Å². The monoisotopic (exact) mass is 371 g/mol. The first kappa shape index (κ1) is 14.3. The number of rotatable bonds is 5. The average Bonchev–Trinajstić information content (AvgIpc) is 3.18. The lowest BCUT2D eigenvalue weighted by Crippen LogP contribution is -2.09. The molecule has 0 atom stereocenters. The van der Waals surface area contributed by atoms with Crippen LogP contribution < -0.4 is 5.32 Å². The second kappa shape index (κ2) is 6.00. The Hall–Kier alpha value is -0.650. The van der Waals surface area contributed by atoms with E-state index in [-0.39, 0.29) is 0 Å². The summed E-state index contributed by atoms with van der Waals surface area (Å²) in [4.78, 5) is 10.3. The van der Waals surface area contributed by atoms with Crippen molar-refractivity contribution in [1.82, 2.24) is 9.97 Å². The van der Waals surface area contributed by atoms with Crippen molar-refractivity contribution in [3.63, 3.8) is 0 Å². The molecule has 1 fully saturated rings. The zero-order valence-electron chi connectivity index (χ0n) is 11.1. The van der Waals surface area contributed by atoms with Gasteiger partial charge in [-0.15, -0.1) is 11.3 Å². The molecule has 0 unspecified atom stereocenters. The zero-order valence-corrected chi connectivity index (χ0v) is 14.3. The number of thiophene rings is 1. The molecule has 2 heterocycles. The van der Waals surface area contributed by atoms with Crippen LogP contribution in [0, 0.1) is 6.92 Å². The smallest absolute Gasteiger partial charge is 0.137 e. The van der Waals surface area contributed by atoms with Crippen molar-refractivity contribution in [1.29, 1.82) is 0 Å². The molecule has 1 aliphatic carbocycles. The fraction of sp³-hybridized carbons (Fsp3) is 0.429. The van der Waals surface area contributed by atoms with Crippen molar-refractivity contribution in [2.75, 3.05) is 11.9 Å². The van der Waals surface area contributed by atoms with Crippen molar-refractivity contribution in [3.05, 3.63) is 37.3 Å². The highest BCUT2D eigenvalue weighted by atomic mass is 79.9. The van der Waals surface area contributed by atoms with Gasteiger partial charge in [0.05, 0.1) is 3.79 Å². The summed E-state index contributed by atoms with van der Waals surface area (Å²) >= 11 is 11.4. The van der Waals surface area contributed by atoms with E-state index in [4.69, 9.17) is 11.6 Å². The van der Waals surface area contributed by atoms with Crippen LogP contribution in [0.15, 0.2) is 15.9 Å². The standard InChI is InChI=1S/C14H15BrClN3S/c1-8-12(16)18-14(9-2-3-9)19-13(8)17-7-6-10-4-5-11(15)20-10/h4-5,9H,2-3,6-7H2,1H3,(H,17,18,19). The lowest BCUT2D eigenvalue weighted by Gasteiger charge is -2.10. The highest BCUT2D eigenvalue weighted by molar-refractivity contribution is 9.11. The molecule has 3 rings (SSSR count). The Kier molecular flexibility index (Phi) is 4.29. The van der Waals surface area contributed by atoms with E-state index < -0.39 is 0 Å². The van der Waals surface area contributed by atoms with Crippen LogP contribution in [-0.4, -0.2) is 16.5 Å². The Morgan fingerprint density at radius 2 is 2.20 bits per heavy atom. The lowest BCUT2D eigenvalue weighted by molar-refractivity contribution is 0.907. The summed E-state index contributed by atoms with van der Waals surface area (Å²) in [5, 5.41) is 3.96. The summed E-state index contributed by atoms with van der Waals surface area (Å²) in [6.45, 7) is 2.81. The van der Waals surface area contributed by atoms with E-state index in [0.717, 1.165) is 30.2 Å². The molecule has 1 saturated carbocycles. The van der Waals surface area contributed by atoms with Gasteiger partial charge >= 0.3 is 0 Å². The maximum Gasteiger partial charge on any atom is 0.137 e. The van der Waals surface area contributed by atoms with Crippen LogP contribution in [0.2, 0.25) is 5.15 Å². The van der Waals surface area contributed by atoms with E-state index in [1.165, 1.54) is 21.5 Å². The largest absolute Gasteiger partial charge is 0.369 e. The van der Waals surface area contributed by atoms with Gasteiger partial charge in [-0.1, -0.05) is 11.6 Å². The molecule has 20 heavy (non-hydrogen) atoms. The SMILES string of the molecule is Cc1c(Cl)nc(C2CC2)nc1NCCc1ccc(Br)s1. The fourth-order valence-corrected chi connectivity index (χ4v) is 3.65. The molecule has 106 valence electrons. The fourth-order valence-electron chi connectivity index (χ4n) is 1.99. The molecule has 0 aromatic carbocycles. The third kappa shape index (κ3) is 3.32. The molecular formula is C14H15BrClN3S. The van der Waals surface area contributed by atoms with Crippen LogP contribution in [0.25, 0.3) is 0 Å². The molecule has 0 bridgehead atoms. The van der Waals surface area contributed by atoms with E-state index in [1.807, 2.05) is 6.92 Å². The van der Waals surface area contributed by atoms with Gasteiger partial charge in [-0.2, -0.15) is 0 Å². The quantitative estimate of drug-likeness (QED) is 0.766. The minimum absolute atomic E-state index is 0.516. The Bertz CT molecular complexity index is 625. The second-order valence-electron chi connectivity index (χ2n) is 5.00. The van der Waals surface area contributed by atoms with Crippen LogP contribution in [0.5, 0.6) is 0 Å². The molecule has 1 aliphatic rings. The summed E-state index contributed by atoms with van der Waals surface area (Å²) < 4.78 is 1.17. The summed E-state index contributed by atoms with van der Waals surface area (Å²) in [6.07, 6.45) is 3.35. The summed E-state index contributed by atoms with van der Waals surface area (Å²) in [5.41, 5.74) is 0.934. The number of nitrogens with zero attached hydrogens (tertiary/aromatic N) is 2. The van der Waals surface area contributed by atoms with Gasteiger partial charge in [-0.3, -0.25) is 0 Å². The molecule has 6 heteroatoms. The topological polar surface area (TPSA) is 37.8 Å². The van der Waals surface area contributed by atoms with E-state index in [9.17, 15) is 0 Å². The molecule has 3 nitrogen and oxygen atoms in total. The van der Waals surface area contributed by atoms with Crippen LogP contribution in [0.1, 0.15) is 35.0 Å². The number of aromatic nitrogens is 2. The number of anilines is 1. The Balaban J connectivity index is 1.67. The van der Waals surface area contributed by atoms with Gasteiger partial charge in [0, 0.05) is 22.9 Å². The molecule has 0 spiro atoms. The third-order valence-corrected chi connectivity index (χ3v) is 5.39. The Morgan fingerprint density at radius 1 is 1.40 bits per heavy atom. The Labute approximate surface area is 135 Å². The van der Waals surface area contributed by atoms with Crippen LogP contribution in [0.3, 0.4) is 0 Å². The molecule has 2 aromatic rings. The summed E-state index contributed by atoms with van der Waals surface area (Å²) in [6, 6.07) is 4.23. The molecule has 2 aromatic heterocycles. The summed E-state index contributed by atoms with van der Waals surface area (Å²) in [7, 11) is 0. The normalized spacial score (nSPS) is 14.6. The van der Waals surface area contributed by atoms with Crippen LogP contribution in [0.4, 0.5) is 5.82 Å². The van der Waals surface area contributed by atoms with Crippen LogP contribution in [-0.2, 0) is 6.42 Å². The lowest BCUT2D eigenvalue weighted by atomic mass is 10.3. The zero-order chi connectivity index (χ0) is 14.1. The van der Waals surface area contributed by atoms with E-state index >= 15 is 0 Å². The molecule has 1 N–H and O–H groups in total. The van der Waals surface area contributed by atoms with Crippen molar-refractivity contribution in [2.24, 2.45) is 0 Å². The van der Waals surface area contributed by atoms with Gasteiger partial charge in [-0.25, -0.2) is 9.97 Å². The van der Waals surface area contributed by atoms with Gasteiger partial charge in [0.15, 0.2) is 0 Å². The van der Waals surface area contributed by atoms with Crippen molar-refractivity contribution in [3.8, 4) is 0 Å². The molecular weight excluding hydrogens is 358 g/mol. The van der Waals surface area contributed by atoms with Gasteiger partial charge < -0.3 is 5.32 Å². The highest BCUT2D eigenvalue weighted by Crippen LogP contribution is 2.39. The number of hydrogen-bond acceptors (Lipinski definition) is 4. The summed E-state index contributed by atoms with van der Waals surface area (Å²) in [5.74, 6) is 2.28. The van der Waals surface area contributed by atoms with Gasteiger partial charge in [0.25, 0.3) is 0 Å². The van der Waals surface area contributed by atoms with E-state index in [1.54, 1.807) is 11.3 Å². The molecule has 0 amide bonds. The van der Waals surface area contributed by atoms with Crippen molar-refractivity contribution in [2.45, 2.75) is 32.1 Å². The Morgan fingerprint density at radius 3 is 2.85 bits per heavy atom. The maximum atomic E-state index is 6.19. The first-order valence-electron chi connectivity index (χ1n) is 6.65. The number of hydrogen-bond donors (Lipinski definition) is 1. The maximum absolute atomic E-state index is 6.19. The minimum atomic E-state index is 0.516. The minimum Gasteiger partial charge on any atom is -0.369 e. The van der Waals surface area contributed by atoms with Crippen LogP contribution >= 0.6 is 38.9 Å². The average molecular weight is 373 g/mol. The first-order chi connectivity index (χ1) is 9.63. The van der Waals surface area contributed by atoms with Gasteiger partial charge in [-0.05, 0) is 54.2 Å². The number of nitrogens with one attached hydrogen (secondary N) is 1. The molecule has 0 saturated heterocycles. The number of halogens is 2. The first-order valence-corrected chi connectivity index (χ1v) is 8.64. The molecule has 0 radical (unpaired) electrons. The van der Waals surface area contributed by atoms with Gasteiger partial charge in [0.2, 0.25) is 0 Å². The van der Waals surface area contributed by atoms with Crippen molar-refractivity contribution < 1.29 is 0 Å². The van der Waals surface area contributed by atoms with E-state index in [2.05, 4.69) is 43.3 Å². The third-order valence-electron chi connectivity index (χ3n) is 3.34. The second-order valence-corrected chi connectivity index (χ2v) is 7.91. The van der Waals surface area contributed by atoms with E-state index in [0.29, 0.717) is 11.1 Å². The molecule has 0 aliphatic heterocycles.